The van der Waals surface area contributed by atoms with Gasteiger partial charge in [-0.2, -0.15) is 15.1 Å². The number of benzene rings is 1. The first kappa shape index (κ1) is 22.7. The third kappa shape index (κ3) is 4.27. The summed E-state index contributed by atoms with van der Waals surface area (Å²) in [5.74, 6) is 1.98. The van der Waals surface area contributed by atoms with Crippen molar-refractivity contribution in [2.24, 2.45) is 5.92 Å². The van der Waals surface area contributed by atoms with Gasteiger partial charge in [0.25, 0.3) is 0 Å². The zero-order valence-electron chi connectivity index (χ0n) is 21.2. The van der Waals surface area contributed by atoms with E-state index in [0.29, 0.717) is 30.5 Å². The van der Waals surface area contributed by atoms with Crippen LogP contribution in [0, 0.1) is 12.8 Å². The zero-order chi connectivity index (χ0) is 23.9. The molecule has 4 heterocycles. The van der Waals surface area contributed by atoms with E-state index in [1.54, 1.807) is 0 Å². The number of hydrogen-bond acceptors (Lipinski definition) is 7. The van der Waals surface area contributed by atoms with Crippen LogP contribution >= 0.6 is 0 Å². The van der Waals surface area contributed by atoms with Crippen molar-refractivity contribution >= 4 is 16.7 Å². The Morgan fingerprint density at radius 2 is 1.97 bits per heavy atom. The highest BCUT2D eigenvalue weighted by atomic mass is 16.5. The Hall–Kier alpha value is -2.71. The molecular weight excluding hydrogens is 438 g/mol. The first-order chi connectivity index (χ1) is 17.1. The quantitative estimate of drug-likeness (QED) is 0.587. The molecule has 3 aromatic rings. The number of likely N-dealkylation sites (N-methyl/N-ethyl adjacent to an activating group) is 1. The average Bonchev–Trinajstić information content (AvgIpc) is 3.51. The maximum Gasteiger partial charge on any atom is 0.318 e. The second kappa shape index (κ2) is 9.39. The summed E-state index contributed by atoms with van der Waals surface area (Å²) in [5, 5.41) is 12.2. The number of ether oxygens (including phenoxy) is 1. The van der Waals surface area contributed by atoms with Gasteiger partial charge in [-0.25, -0.2) is 0 Å². The molecule has 2 unspecified atom stereocenters. The molecule has 0 radical (unpaired) electrons. The molecule has 2 aliphatic heterocycles. The maximum absolute atomic E-state index is 6.29. The summed E-state index contributed by atoms with van der Waals surface area (Å²) < 4.78 is 6.29. The second-order valence-electron chi connectivity index (χ2n) is 10.7. The molecule has 35 heavy (non-hydrogen) atoms. The number of anilines is 1. The lowest BCUT2D eigenvalue weighted by Crippen LogP contribution is -2.44. The van der Waals surface area contributed by atoms with E-state index in [2.05, 4.69) is 58.3 Å². The third-order valence-corrected chi connectivity index (χ3v) is 8.42. The van der Waals surface area contributed by atoms with Crippen molar-refractivity contribution < 1.29 is 4.74 Å². The normalized spacial score (nSPS) is 25.2. The van der Waals surface area contributed by atoms with Crippen LogP contribution in [0.1, 0.15) is 48.1 Å². The van der Waals surface area contributed by atoms with Crippen molar-refractivity contribution in [3.63, 3.8) is 0 Å². The van der Waals surface area contributed by atoms with Gasteiger partial charge >= 0.3 is 6.01 Å². The van der Waals surface area contributed by atoms with Gasteiger partial charge in [-0.3, -0.25) is 5.10 Å². The summed E-state index contributed by atoms with van der Waals surface area (Å²) >= 11 is 0. The number of nitrogens with zero attached hydrogens (tertiary/aromatic N) is 5. The van der Waals surface area contributed by atoms with Gasteiger partial charge in [-0.15, -0.1) is 0 Å². The zero-order valence-corrected chi connectivity index (χ0v) is 21.2. The molecule has 0 amide bonds. The molecule has 2 aromatic heterocycles. The molecule has 0 saturated carbocycles. The molecule has 3 atom stereocenters. The van der Waals surface area contributed by atoms with E-state index < -0.39 is 0 Å². The Balaban J connectivity index is 1.36. The third-order valence-electron chi connectivity index (χ3n) is 8.42. The predicted molar refractivity (Wildman–Crippen MR) is 138 cm³/mol. The van der Waals surface area contributed by atoms with Gasteiger partial charge in [-0.1, -0.05) is 13.0 Å². The van der Waals surface area contributed by atoms with Gasteiger partial charge < -0.3 is 19.9 Å². The van der Waals surface area contributed by atoms with Crippen LogP contribution in [0.4, 0.5) is 5.82 Å². The van der Waals surface area contributed by atoms with Gasteiger partial charge in [0.05, 0.1) is 17.4 Å². The number of hydrogen-bond donors (Lipinski definition) is 2. The van der Waals surface area contributed by atoms with Gasteiger partial charge in [-0.05, 0) is 75.2 Å². The fourth-order valence-electron chi connectivity index (χ4n) is 6.34. The lowest BCUT2D eigenvalue weighted by Gasteiger charge is -2.36. The molecule has 0 spiro atoms. The van der Waals surface area contributed by atoms with E-state index in [1.165, 1.54) is 34.9 Å². The Bertz CT molecular complexity index is 1200. The molecule has 0 bridgehead atoms. The summed E-state index contributed by atoms with van der Waals surface area (Å²) in [6, 6.07) is 5.35. The van der Waals surface area contributed by atoms with Crippen molar-refractivity contribution in [2.45, 2.75) is 51.5 Å². The molecule has 8 nitrogen and oxygen atoms in total. The minimum absolute atomic E-state index is 0.392. The first-order valence-corrected chi connectivity index (χ1v) is 13.2. The molecule has 2 fully saturated rings. The van der Waals surface area contributed by atoms with E-state index in [1.807, 2.05) is 6.20 Å². The van der Waals surface area contributed by atoms with Crippen LogP contribution in [0.25, 0.3) is 10.9 Å². The first-order valence-electron chi connectivity index (χ1n) is 13.2. The summed E-state index contributed by atoms with van der Waals surface area (Å²) in [5.41, 5.74) is 6.32. The molecule has 1 aliphatic carbocycles. The summed E-state index contributed by atoms with van der Waals surface area (Å²) in [7, 11) is 2.19. The van der Waals surface area contributed by atoms with Crippen molar-refractivity contribution in [3.05, 3.63) is 40.7 Å². The number of piperazine rings is 1. The van der Waals surface area contributed by atoms with Crippen molar-refractivity contribution in [1.29, 1.82) is 0 Å². The van der Waals surface area contributed by atoms with E-state index in [9.17, 15) is 0 Å². The number of aromatic nitrogens is 4. The lowest BCUT2D eigenvalue weighted by molar-refractivity contribution is 0.187. The monoisotopic (exact) mass is 475 g/mol. The van der Waals surface area contributed by atoms with Crippen molar-refractivity contribution in [3.8, 4) is 6.01 Å². The fraction of sp³-hybridized carbons (Fsp3) is 0.593. The highest BCUT2D eigenvalue weighted by Gasteiger charge is 2.34. The minimum atomic E-state index is 0.392. The molecule has 186 valence electrons. The van der Waals surface area contributed by atoms with Crippen LogP contribution in [0.2, 0.25) is 0 Å². The summed E-state index contributed by atoms with van der Waals surface area (Å²) in [6.07, 6.45) is 6.29. The predicted octanol–water partition coefficient (Wildman–Crippen LogP) is 3.06. The molecule has 2 saturated heterocycles. The Morgan fingerprint density at radius 1 is 1.11 bits per heavy atom. The fourth-order valence-corrected chi connectivity index (χ4v) is 6.34. The van der Waals surface area contributed by atoms with Gasteiger partial charge in [0.15, 0.2) is 0 Å². The molecule has 8 heteroatoms. The smallest absolute Gasteiger partial charge is 0.318 e. The Labute approximate surface area is 207 Å². The Morgan fingerprint density at radius 3 is 2.77 bits per heavy atom. The number of rotatable bonds is 5. The van der Waals surface area contributed by atoms with Crippen LogP contribution < -0.4 is 15.0 Å². The number of likely N-dealkylation sites (tertiary alicyclic amines) is 1. The highest BCUT2D eigenvalue weighted by molar-refractivity contribution is 5.83. The molecule has 2 N–H and O–H groups in total. The van der Waals surface area contributed by atoms with Crippen LogP contribution in [-0.2, 0) is 12.8 Å². The van der Waals surface area contributed by atoms with Gasteiger partial charge in [0, 0.05) is 43.2 Å². The Kier molecular flexibility index (Phi) is 6.10. The molecule has 3 aliphatic rings. The summed E-state index contributed by atoms with van der Waals surface area (Å²) in [6.45, 7) is 10.3. The number of aromatic amines is 1. The number of H-pyrrole nitrogens is 1. The number of fused-ring (bicyclic) bond motifs is 2. The minimum Gasteiger partial charge on any atom is -0.462 e. The highest BCUT2D eigenvalue weighted by Crippen LogP contribution is 2.43. The van der Waals surface area contributed by atoms with Crippen LogP contribution in [-0.4, -0.2) is 77.5 Å². The van der Waals surface area contributed by atoms with Crippen LogP contribution in [0.3, 0.4) is 0 Å². The van der Waals surface area contributed by atoms with E-state index in [4.69, 9.17) is 14.7 Å². The van der Waals surface area contributed by atoms with E-state index >= 15 is 0 Å². The molecule has 1 aromatic carbocycles. The average molecular weight is 476 g/mol. The van der Waals surface area contributed by atoms with Gasteiger partial charge in [0.1, 0.15) is 12.4 Å². The van der Waals surface area contributed by atoms with Crippen molar-refractivity contribution in [1.82, 2.24) is 30.4 Å². The SMILES string of the molecule is Cc1ccc2[nH]ncc2c1C1Cc2nc(OC[C@@H]3CCCN3C)nc(N3CCNCC3)c2CC1C. The van der Waals surface area contributed by atoms with Crippen LogP contribution in [0.5, 0.6) is 6.01 Å². The van der Waals surface area contributed by atoms with E-state index in [-0.39, 0.29) is 0 Å². The number of nitrogens with one attached hydrogen (secondary N) is 2. The largest absolute Gasteiger partial charge is 0.462 e. The van der Waals surface area contributed by atoms with E-state index in [0.717, 1.165) is 62.6 Å². The number of aryl methyl sites for hydroxylation is 1. The lowest BCUT2D eigenvalue weighted by atomic mass is 9.73. The second-order valence-corrected chi connectivity index (χ2v) is 10.7. The van der Waals surface area contributed by atoms with Crippen LogP contribution in [0.15, 0.2) is 18.3 Å². The molecule has 6 rings (SSSR count). The van der Waals surface area contributed by atoms with Crippen molar-refractivity contribution in [2.75, 3.05) is 51.3 Å². The summed E-state index contributed by atoms with van der Waals surface area (Å²) in [4.78, 5) is 14.9. The topological polar surface area (TPSA) is 82.2 Å². The van der Waals surface area contributed by atoms with Gasteiger partial charge in [0.2, 0.25) is 0 Å². The molecular formula is C27H37N7O. The standard InChI is InChI=1S/C27H37N7O/c1-17-6-7-23-22(15-29-32-23)25(17)20-14-24-21(13-18(20)2)26(34-11-8-28-9-12-34)31-27(30-24)35-16-19-5-4-10-33(19)3/h6-7,15,18-20,28H,4-5,8-14,16H2,1-3H3,(H,29,32)/t18?,19-,20?/m0/s1. The maximum atomic E-state index is 6.29.